The average Bonchev–Trinajstić information content (AvgIpc) is 2.77. The summed E-state index contributed by atoms with van der Waals surface area (Å²) in [5.41, 5.74) is 0.585. The quantitative estimate of drug-likeness (QED) is 0.874. The Hall–Kier alpha value is -2.18. The Labute approximate surface area is 109 Å². The first-order valence-electron chi connectivity index (χ1n) is 5.95. The first kappa shape index (κ1) is 13.3. The Balaban J connectivity index is 2.24. The number of hydrogen-bond acceptors (Lipinski definition) is 4. The van der Waals surface area contributed by atoms with Gasteiger partial charge in [0.25, 0.3) is 0 Å². The number of aryl methyl sites for hydroxylation is 1. The monoisotopic (exact) mass is 267 g/mol. The van der Waals surface area contributed by atoms with E-state index in [1.165, 1.54) is 6.20 Å². The van der Waals surface area contributed by atoms with Crippen molar-refractivity contribution in [2.45, 2.75) is 13.3 Å². The summed E-state index contributed by atoms with van der Waals surface area (Å²) in [5, 5.41) is 9.51. The van der Waals surface area contributed by atoms with Crippen LogP contribution in [0.2, 0.25) is 0 Å². The molecule has 0 aliphatic heterocycles. The fourth-order valence-electron chi connectivity index (χ4n) is 1.54. The van der Waals surface area contributed by atoms with Gasteiger partial charge in [0.2, 0.25) is 0 Å². The second kappa shape index (κ2) is 5.64. The van der Waals surface area contributed by atoms with Crippen molar-refractivity contribution in [1.82, 2.24) is 14.8 Å². The molecule has 0 saturated carbocycles. The molecule has 0 radical (unpaired) electrons. The van der Waals surface area contributed by atoms with E-state index < -0.39 is 11.6 Å². The van der Waals surface area contributed by atoms with Crippen molar-refractivity contribution in [3.63, 3.8) is 0 Å². The lowest BCUT2D eigenvalue weighted by molar-refractivity contribution is 0.579. The van der Waals surface area contributed by atoms with E-state index in [1.54, 1.807) is 17.9 Å². The Kier molecular flexibility index (Phi) is 3.94. The molecule has 0 fully saturated rings. The van der Waals surface area contributed by atoms with Gasteiger partial charge in [0.1, 0.15) is 0 Å². The lowest BCUT2D eigenvalue weighted by Gasteiger charge is -2.09. The Bertz CT molecular complexity index is 567. The molecule has 0 amide bonds. The highest BCUT2D eigenvalue weighted by Gasteiger charge is 2.12. The number of rotatable bonds is 5. The molecule has 0 aromatic carbocycles. The van der Waals surface area contributed by atoms with E-state index in [0.29, 0.717) is 12.2 Å². The Morgan fingerprint density at radius 1 is 1.26 bits per heavy atom. The smallest absolute Gasteiger partial charge is 0.169 e. The third-order valence-corrected chi connectivity index (χ3v) is 2.44. The third-order valence-electron chi connectivity index (χ3n) is 2.44. The molecule has 2 aromatic rings. The van der Waals surface area contributed by atoms with Crippen LogP contribution in [0.1, 0.15) is 13.3 Å². The van der Waals surface area contributed by atoms with Crippen LogP contribution in [-0.4, -0.2) is 21.3 Å². The average molecular weight is 267 g/mol. The fourth-order valence-corrected chi connectivity index (χ4v) is 1.54. The highest BCUT2D eigenvalue weighted by atomic mass is 19.1. The molecule has 0 saturated heterocycles. The number of aromatic nitrogens is 3. The van der Waals surface area contributed by atoms with E-state index in [0.717, 1.165) is 12.5 Å². The summed E-state index contributed by atoms with van der Waals surface area (Å²) in [6.07, 6.45) is 4.02. The Morgan fingerprint density at radius 3 is 2.63 bits per heavy atom. The molecule has 2 aromatic heterocycles. The maximum atomic E-state index is 13.6. The van der Waals surface area contributed by atoms with Crippen LogP contribution in [0.5, 0.6) is 0 Å². The molecule has 0 bridgehead atoms. The molecule has 0 aliphatic carbocycles. The number of nitrogens with one attached hydrogen (secondary N) is 2. The number of pyridine rings is 1. The van der Waals surface area contributed by atoms with Gasteiger partial charge in [-0.05, 0) is 6.42 Å². The largest absolute Gasteiger partial charge is 0.368 e. The van der Waals surface area contributed by atoms with Gasteiger partial charge in [-0.1, -0.05) is 6.92 Å². The maximum absolute atomic E-state index is 13.6. The molecule has 102 valence electrons. The molecule has 2 rings (SSSR count). The summed E-state index contributed by atoms with van der Waals surface area (Å²) >= 11 is 0. The van der Waals surface area contributed by atoms with E-state index in [1.807, 2.05) is 6.92 Å². The molecule has 0 atom stereocenters. The number of anilines is 3. The highest BCUT2D eigenvalue weighted by molar-refractivity contribution is 5.57. The summed E-state index contributed by atoms with van der Waals surface area (Å²) in [6.45, 7) is 2.52. The summed E-state index contributed by atoms with van der Waals surface area (Å²) in [5.74, 6) is -1.45. The first-order valence-corrected chi connectivity index (χ1v) is 5.95. The molecule has 5 nitrogen and oxygen atoms in total. The third kappa shape index (κ3) is 3.18. The second-order valence-electron chi connectivity index (χ2n) is 4.10. The number of hydrogen-bond donors (Lipinski definition) is 2. The molecule has 0 aliphatic rings. The lowest BCUT2D eigenvalue weighted by atomic mass is 10.3. The number of nitrogens with zero attached hydrogens (tertiary/aromatic N) is 3. The molecular formula is C12H15F2N5. The minimum absolute atomic E-state index is 0.0343. The summed E-state index contributed by atoms with van der Waals surface area (Å²) in [4.78, 5) is 3.90. The fraction of sp³-hybridized carbons (Fsp3) is 0.333. The van der Waals surface area contributed by atoms with Crippen LogP contribution in [0.15, 0.2) is 18.5 Å². The van der Waals surface area contributed by atoms with Crippen LogP contribution < -0.4 is 10.6 Å². The van der Waals surface area contributed by atoms with Crippen molar-refractivity contribution in [2.75, 3.05) is 17.2 Å². The van der Waals surface area contributed by atoms with Crippen LogP contribution >= 0.6 is 0 Å². The van der Waals surface area contributed by atoms with Gasteiger partial charge < -0.3 is 10.6 Å². The van der Waals surface area contributed by atoms with E-state index in [4.69, 9.17) is 0 Å². The predicted molar refractivity (Wildman–Crippen MR) is 69.4 cm³/mol. The molecule has 7 heteroatoms. The predicted octanol–water partition coefficient (Wildman–Crippen LogP) is 2.66. The highest BCUT2D eigenvalue weighted by Crippen LogP contribution is 2.22. The SMILES string of the molecule is CCCNc1nc(Nc2cnn(C)c2)c(F)cc1F. The van der Waals surface area contributed by atoms with E-state index in [2.05, 4.69) is 20.7 Å². The summed E-state index contributed by atoms with van der Waals surface area (Å²) < 4.78 is 28.7. The minimum atomic E-state index is -0.747. The Morgan fingerprint density at radius 2 is 2.00 bits per heavy atom. The van der Waals surface area contributed by atoms with Crippen molar-refractivity contribution in [3.8, 4) is 0 Å². The molecule has 2 heterocycles. The van der Waals surface area contributed by atoms with Gasteiger partial charge in [0, 0.05) is 25.9 Å². The zero-order valence-corrected chi connectivity index (χ0v) is 10.7. The van der Waals surface area contributed by atoms with Crippen LogP contribution in [0.4, 0.5) is 26.1 Å². The lowest BCUT2D eigenvalue weighted by Crippen LogP contribution is -2.07. The normalized spacial score (nSPS) is 10.5. The van der Waals surface area contributed by atoms with E-state index >= 15 is 0 Å². The standard InChI is InChI=1S/C12H15F2N5/c1-3-4-15-11-9(13)5-10(14)12(18-11)17-8-6-16-19(2)7-8/h5-7H,3-4H2,1-2H3,(H2,15,17,18). The summed E-state index contributed by atoms with van der Waals surface area (Å²) in [7, 11) is 1.74. The van der Waals surface area contributed by atoms with Crippen molar-refractivity contribution in [2.24, 2.45) is 7.05 Å². The van der Waals surface area contributed by atoms with E-state index in [-0.39, 0.29) is 11.6 Å². The van der Waals surface area contributed by atoms with Gasteiger partial charge in [0.15, 0.2) is 23.3 Å². The molecule has 0 unspecified atom stereocenters. The van der Waals surface area contributed by atoms with E-state index in [9.17, 15) is 8.78 Å². The van der Waals surface area contributed by atoms with Crippen molar-refractivity contribution in [1.29, 1.82) is 0 Å². The zero-order valence-electron chi connectivity index (χ0n) is 10.7. The van der Waals surface area contributed by atoms with Gasteiger partial charge in [-0.25, -0.2) is 13.8 Å². The van der Waals surface area contributed by atoms with Crippen LogP contribution in [0, 0.1) is 11.6 Å². The van der Waals surface area contributed by atoms with Crippen LogP contribution in [-0.2, 0) is 7.05 Å². The van der Waals surface area contributed by atoms with Crippen molar-refractivity contribution in [3.05, 3.63) is 30.1 Å². The maximum Gasteiger partial charge on any atom is 0.169 e. The van der Waals surface area contributed by atoms with Crippen LogP contribution in [0.3, 0.4) is 0 Å². The minimum Gasteiger partial charge on any atom is -0.368 e. The van der Waals surface area contributed by atoms with Gasteiger partial charge in [-0.15, -0.1) is 0 Å². The molecular weight excluding hydrogens is 252 g/mol. The zero-order chi connectivity index (χ0) is 13.8. The number of halogens is 2. The van der Waals surface area contributed by atoms with Gasteiger partial charge >= 0.3 is 0 Å². The summed E-state index contributed by atoms with van der Waals surface area (Å²) in [6, 6.07) is 0.809. The van der Waals surface area contributed by atoms with Gasteiger partial charge in [-0.3, -0.25) is 4.68 Å². The second-order valence-corrected chi connectivity index (χ2v) is 4.10. The molecule has 19 heavy (non-hydrogen) atoms. The topological polar surface area (TPSA) is 54.8 Å². The van der Waals surface area contributed by atoms with Crippen molar-refractivity contribution < 1.29 is 8.78 Å². The van der Waals surface area contributed by atoms with Crippen LogP contribution in [0.25, 0.3) is 0 Å². The first-order chi connectivity index (χ1) is 9.10. The van der Waals surface area contributed by atoms with Crippen molar-refractivity contribution >= 4 is 17.3 Å². The molecule has 2 N–H and O–H groups in total. The van der Waals surface area contributed by atoms with Gasteiger partial charge in [-0.2, -0.15) is 5.10 Å². The van der Waals surface area contributed by atoms with Gasteiger partial charge in [0.05, 0.1) is 11.9 Å². The molecule has 0 spiro atoms.